The third-order valence-corrected chi connectivity index (χ3v) is 4.38. The Morgan fingerprint density at radius 3 is 2.80 bits per heavy atom. The smallest absolute Gasteiger partial charge is 0.119 e. The van der Waals surface area contributed by atoms with Crippen LogP contribution in [0.15, 0.2) is 28.7 Å². The molecule has 0 spiro atoms. The standard InChI is InChI=1S/C16H25BrN2O/c1-2-19(13-14-4-3-9-18-12-14)10-11-20-16-7-5-15(17)6-8-16/h5-8,14,18H,2-4,9-13H2,1H3. The molecule has 1 N–H and O–H groups in total. The Morgan fingerprint density at radius 2 is 2.15 bits per heavy atom. The Hall–Kier alpha value is -0.580. The molecule has 112 valence electrons. The maximum absolute atomic E-state index is 5.80. The molecule has 1 saturated heterocycles. The van der Waals surface area contributed by atoms with E-state index >= 15 is 0 Å². The van der Waals surface area contributed by atoms with Crippen LogP contribution in [0.25, 0.3) is 0 Å². The first-order valence-electron chi connectivity index (χ1n) is 7.59. The minimum Gasteiger partial charge on any atom is -0.492 e. The highest BCUT2D eigenvalue weighted by Crippen LogP contribution is 2.16. The van der Waals surface area contributed by atoms with Gasteiger partial charge >= 0.3 is 0 Å². The van der Waals surface area contributed by atoms with E-state index < -0.39 is 0 Å². The van der Waals surface area contributed by atoms with Gasteiger partial charge in [0.15, 0.2) is 0 Å². The molecule has 1 unspecified atom stereocenters. The van der Waals surface area contributed by atoms with Crippen LogP contribution in [0.5, 0.6) is 5.75 Å². The lowest BCUT2D eigenvalue weighted by atomic mass is 9.99. The van der Waals surface area contributed by atoms with Crippen LogP contribution in [0.3, 0.4) is 0 Å². The van der Waals surface area contributed by atoms with E-state index in [1.165, 1.54) is 32.5 Å². The first-order chi connectivity index (χ1) is 9.78. The molecular weight excluding hydrogens is 316 g/mol. The van der Waals surface area contributed by atoms with Crippen molar-refractivity contribution in [2.24, 2.45) is 5.92 Å². The Bertz CT molecular complexity index is 377. The van der Waals surface area contributed by atoms with E-state index in [1.54, 1.807) is 0 Å². The van der Waals surface area contributed by atoms with Gasteiger partial charge in [0.2, 0.25) is 0 Å². The number of ether oxygens (including phenoxy) is 1. The van der Waals surface area contributed by atoms with Crippen LogP contribution in [0.2, 0.25) is 0 Å². The first kappa shape index (κ1) is 15.8. The number of likely N-dealkylation sites (N-methyl/N-ethyl adjacent to an activating group) is 1. The maximum Gasteiger partial charge on any atom is 0.119 e. The van der Waals surface area contributed by atoms with Gasteiger partial charge in [0.25, 0.3) is 0 Å². The normalized spacial score (nSPS) is 19.2. The fourth-order valence-electron chi connectivity index (χ4n) is 2.65. The Balaban J connectivity index is 1.68. The Labute approximate surface area is 130 Å². The third kappa shape index (κ3) is 5.43. The SMILES string of the molecule is CCN(CCOc1ccc(Br)cc1)CC1CCCNC1. The fourth-order valence-corrected chi connectivity index (χ4v) is 2.91. The summed E-state index contributed by atoms with van der Waals surface area (Å²) >= 11 is 3.43. The molecule has 4 heteroatoms. The number of nitrogens with zero attached hydrogens (tertiary/aromatic N) is 1. The lowest BCUT2D eigenvalue weighted by Crippen LogP contribution is -2.39. The highest BCUT2D eigenvalue weighted by atomic mass is 79.9. The zero-order chi connectivity index (χ0) is 14.2. The van der Waals surface area contributed by atoms with Gasteiger partial charge in [-0.05, 0) is 62.7 Å². The second kappa shape index (κ2) is 8.65. The van der Waals surface area contributed by atoms with Crippen LogP contribution in [-0.4, -0.2) is 44.2 Å². The van der Waals surface area contributed by atoms with Gasteiger partial charge in [-0.3, -0.25) is 4.90 Å². The molecule has 0 amide bonds. The second-order valence-corrected chi connectivity index (χ2v) is 6.32. The summed E-state index contributed by atoms with van der Waals surface area (Å²) in [7, 11) is 0. The summed E-state index contributed by atoms with van der Waals surface area (Å²) in [5, 5.41) is 3.49. The summed E-state index contributed by atoms with van der Waals surface area (Å²) in [5.74, 6) is 1.75. The topological polar surface area (TPSA) is 24.5 Å². The lowest BCUT2D eigenvalue weighted by molar-refractivity contribution is 0.179. The monoisotopic (exact) mass is 340 g/mol. The summed E-state index contributed by atoms with van der Waals surface area (Å²) < 4.78 is 6.89. The van der Waals surface area contributed by atoms with Crippen molar-refractivity contribution in [1.29, 1.82) is 0 Å². The quantitative estimate of drug-likeness (QED) is 0.825. The number of halogens is 1. The van der Waals surface area contributed by atoms with Crippen molar-refractivity contribution in [1.82, 2.24) is 10.2 Å². The molecule has 1 fully saturated rings. The van der Waals surface area contributed by atoms with Crippen molar-refractivity contribution >= 4 is 15.9 Å². The van der Waals surface area contributed by atoms with E-state index in [-0.39, 0.29) is 0 Å². The molecule has 3 nitrogen and oxygen atoms in total. The Kier molecular flexibility index (Phi) is 6.83. The van der Waals surface area contributed by atoms with E-state index in [0.29, 0.717) is 0 Å². The minimum absolute atomic E-state index is 0.760. The highest BCUT2D eigenvalue weighted by Gasteiger charge is 2.15. The Morgan fingerprint density at radius 1 is 1.35 bits per heavy atom. The van der Waals surface area contributed by atoms with Crippen LogP contribution in [0.4, 0.5) is 0 Å². The summed E-state index contributed by atoms with van der Waals surface area (Å²) in [6, 6.07) is 8.04. The van der Waals surface area contributed by atoms with Crippen LogP contribution >= 0.6 is 15.9 Å². The number of hydrogen-bond donors (Lipinski definition) is 1. The van der Waals surface area contributed by atoms with Crippen molar-refractivity contribution in [3.05, 3.63) is 28.7 Å². The molecule has 1 aliphatic heterocycles. The van der Waals surface area contributed by atoms with Gasteiger partial charge in [-0.1, -0.05) is 22.9 Å². The molecule has 2 rings (SSSR count). The molecule has 1 atom stereocenters. The molecule has 0 bridgehead atoms. The van der Waals surface area contributed by atoms with Gasteiger partial charge in [0.05, 0.1) is 0 Å². The zero-order valence-corrected chi connectivity index (χ0v) is 13.9. The van der Waals surface area contributed by atoms with E-state index in [0.717, 1.165) is 35.8 Å². The van der Waals surface area contributed by atoms with E-state index in [4.69, 9.17) is 4.74 Å². The summed E-state index contributed by atoms with van der Waals surface area (Å²) in [6.45, 7) is 8.64. The molecule has 1 aromatic carbocycles. The molecule has 1 heterocycles. The fraction of sp³-hybridized carbons (Fsp3) is 0.625. The van der Waals surface area contributed by atoms with Crippen molar-refractivity contribution in [3.63, 3.8) is 0 Å². The van der Waals surface area contributed by atoms with E-state index in [2.05, 4.69) is 33.1 Å². The average molecular weight is 341 g/mol. The highest BCUT2D eigenvalue weighted by molar-refractivity contribution is 9.10. The van der Waals surface area contributed by atoms with Gasteiger partial charge in [-0.25, -0.2) is 0 Å². The number of benzene rings is 1. The van der Waals surface area contributed by atoms with Crippen molar-refractivity contribution in [3.8, 4) is 5.75 Å². The van der Waals surface area contributed by atoms with E-state index in [1.807, 2.05) is 24.3 Å². The van der Waals surface area contributed by atoms with Crippen LogP contribution in [-0.2, 0) is 0 Å². The number of nitrogens with one attached hydrogen (secondary N) is 1. The van der Waals surface area contributed by atoms with Gasteiger partial charge < -0.3 is 10.1 Å². The molecule has 1 aromatic rings. The first-order valence-corrected chi connectivity index (χ1v) is 8.38. The predicted molar refractivity (Wildman–Crippen MR) is 87.3 cm³/mol. The van der Waals surface area contributed by atoms with Crippen LogP contribution < -0.4 is 10.1 Å². The van der Waals surface area contributed by atoms with Crippen molar-refractivity contribution in [2.75, 3.05) is 39.3 Å². The average Bonchev–Trinajstić information content (AvgIpc) is 2.49. The van der Waals surface area contributed by atoms with E-state index in [9.17, 15) is 0 Å². The van der Waals surface area contributed by atoms with Crippen molar-refractivity contribution < 1.29 is 4.74 Å². The second-order valence-electron chi connectivity index (χ2n) is 5.41. The number of hydrogen-bond acceptors (Lipinski definition) is 3. The number of piperidine rings is 1. The molecule has 0 aliphatic carbocycles. The van der Waals surface area contributed by atoms with Crippen molar-refractivity contribution in [2.45, 2.75) is 19.8 Å². The van der Waals surface area contributed by atoms with Crippen LogP contribution in [0, 0.1) is 5.92 Å². The lowest BCUT2D eigenvalue weighted by Gasteiger charge is -2.29. The maximum atomic E-state index is 5.80. The molecule has 1 aliphatic rings. The third-order valence-electron chi connectivity index (χ3n) is 3.85. The van der Waals surface area contributed by atoms with Gasteiger partial charge in [-0.2, -0.15) is 0 Å². The zero-order valence-electron chi connectivity index (χ0n) is 12.3. The molecule has 0 aromatic heterocycles. The van der Waals surface area contributed by atoms with Gasteiger partial charge in [0.1, 0.15) is 12.4 Å². The minimum atomic E-state index is 0.760. The molecule has 20 heavy (non-hydrogen) atoms. The molecule has 0 radical (unpaired) electrons. The molecular formula is C16H25BrN2O. The predicted octanol–water partition coefficient (Wildman–Crippen LogP) is 3.15. The largest absolute Gasteiger partial charge is 0.492 e. The number of rotatable bonds is 7. The summed E-state index contributed by atoms with van der Waals surface area (Å²) in [6.07, 6.45) is 2.68. The molecule has 0 saturated carbocycles. The van der Waals surface area contributed by atoms with Crippen LogP contribution in [0.1, 0.15) is 19.8 Å². The summed E-state index contributed by atoms with van der Waals surface area (Å²) in [5.41, 5.74) is 0. The van der Waals surface area contributed by atoms with Gasteiger partial charge in [-0.15, -0.1) is 0 Å². The van der Waals surface area contributed by atoms with Gasteiger partial charge in [0, 0.05) is 17.6 Å². The summed E-state index contributed by atoms with van der Waals surface area (Å²) in [4.78, 5) is 2.50.